The van der Waals surface area contributed by atoms with Gasteiger partial charge in [0.15, 0.2) is 5.78 Å². The fraction of sp³-hybridized carbons (Fsp3) is 0.375. The molecule has 0 bridgehead atoms. The number of dihydropyridines is 1. The molecule has 1 aliphatic heterocycles. The smallest absolute Gasteiger partial charge is 0.336 e. The molecule has 168 valence electrons. The van der Waals surface area contributed by atoms with Crippen LogP contribution in [0.5, 0.6) is 0 Å². The number of carbonyl (C=O) groups is 3. The summed E-state index contributed by atoms with van der Waals surface area (Å²) in [5, 5.41) is 5.16. The minimum atomic E-state index is -1.05. The predicted molar refractivity (Wildman–Crippen MR) is 118 cm³/mol. The molecule has 1 N–H and O–H groups in total. The number of carbonyl (C=O) groups excluding carboxylic acids is 3. The molecule has 3 atom stereocenters. The van der Waals surface area contributed by atoms with Gasteiger partial charge in [-0.3, -0.25) is 9.59 Å². The Labute approximate surface area is 190 Å². The monoisotopic (exact) mass is 455 g/mol. The molecule has 0 radical (unpaired) electrons. The van der Waals surface area contributed by atoms with Crippen molar-refractivity contribution >= 4 is 29.1 Å². The molecule has 4 rings (SSSR count). The van der Waals surface area contributed by atoms with E-state index in [-0.39, 0.29) is 19.0 Å². The van der Waals surface area contributed by atoms with Crippen LogP contribution in [0.15, 0.2) is 62.9 Å². The van der Waals surface area contributed by atoms with Crippen molar-refractivity contribution < 1.29 is 28.3 Å². The van der Waals surface area contributed by atoms with Crippen molar-refractivity contribution in [1.82, 2.24) is 5.32 Å². The van der Waals surface area contributed by atoms with E-state index in [4.69, 9.17) is 13.9 Å². The van der Waals surface area contributed by atoms with Gasteiger partial charge in [0.2, 0.25) is 0 Å². The summed E-state index contributed by atoms with van der Waals surface area (Å²) in [6, 6.07) is 7.27. The molecule has 0 saturated carbocycles. The summed E-state index contributed by atoms with van der Waals surface area (Å²) in [6.45, 7) is 5.64. The van der Waals surface area contributed by atoms with Crippen LogP contribution >= 0.6 is 11.3 Å². The van der Waals surface area contributed by atoms with Gasteiger partial charge in [0.05, 0.1) is 31.0 Å². The van der Waals surface area contributed by atoms with E-state index in [0.717, 1.165) is 4.88 Å². The molecule has 0 amide bonds. The number of furan rings is 1. The first-order valence-electron chi connectivity index (χ1n) is 10.6. The Morgan fingerprint density at radius 3 is 2.59 bits per heavy atom. The highest BCUT2D eigenvalue weighted by atomic mass is 32.1. The van der Waals surface area contributed by atoms with Crippen LogP contribution in [0, 0.1) is 5.92 Å². The highest BCUT2D eigenvalue weighted by Gasteiger charge is 2.50. The largest absolute Gasteiger partial charge is 0.469 e. The Kier molecular flexibility index (Phi) is 6.32. The van der Waals surface area contributed by atoms with E-state index in [1.54, 1.807) is 32.9 Å². The summed E-state index contributed by atoms with van der Waals surface area (Å²) >= 11 is 1.46. The van der Waals surface area contributed by atoms with Gasteiger partial charge in [0.1, 0.15) is 11.7 Å². The zero-order chi connectivity index (χ0) is 22.8. The Balaban J connectivity index is 1.85. The first kappa shape index (κ1) is 22.1. The Bertz CT molecular complexity index is 1080. The Hall–Kier alpha value is -3.13. The van der Waals surface area contributed by atoms with Crippen molar-refractivity contribution in [3.63, 3.8) is 0 Å². The maximum Gasteiger partial charge on any atom is 0.336 e. The van der Waals surface area contributed by atoms with E-state index in [2.05, 4.69) is 5.32 Å². The molecule has 0 saturated heterocycles. The lowest BCUT2D eigenvalue weighted by atomic mass is 9.69. The molecular weight excluding hydrogens is 430 g/mol. The van der Waals surface area contributed by atoms with Crippen LogP contribution in [0.4, 0.5) is 0 Å². The molecule has 3 heterocycles. The number of esters is 2. The third-order valence-electron chi connectivity index (χ3n) is 5.79. The van der Waals surface area contributed by atoms with Gasteiger partial charge < -0.3 is 19.2 Å². The highest BCUT2D eigenvalue weighted by Crippen LogP contribution is 2.48. The number of ketones is 1. The molecule has 2 aromatic rings. The van der Waals surface area contributed by atoms with Gasteiger partial charge in [0, 0.05) is 27.8 Å². The van der Waals surface area contributed by atoms with Gasteiger partial charge in [-0.1, -0.05) is 6.07 Å². The van der Waals surface area contributed by atoms with Crippen molar-refractivity contribution in [3.8, 4) is 0 Å². The van der Waals surface area contributed by atoms with E-state index >= 15 is 0 Å². The standard InChI is InChI=1S/C24H25NO6S/c1-4-29-23(27)18-13(3)25-15-12-14(16-8-6-10-31-16)19(24(28)30-5-2)22(26)20(15)21(18)17-9-7-11-32-17/h6-11,14,19,21,25H,4-5,12H2,1-3H3/t14-,19-,21+/m1/s1. The quantitative estimate of drug-likeness (QED) is 0.519. The van der Waals surface area contributed by atoms with Crippen molar-refractivity contribution in [2.24, 2.45) is 5.92 Å². The second-order valence-electron chi connectivity index (χ2n) is 7.64. The van der Waals surface area contributed by atoms with Crippen LogP contribution in [-0.4, -0.2) is 30.9 Å². The predicted octanol–water partition coefficient (Wildman–Crippen LogP) is 4.06. The summed E-state index contributed by atoms with van der Waals surface area (Å²) in [7, 11) is 0. The zero-order valence-electron chi connectivity index (χ0n) is 18.2. The number of hydrogen-bond acceptors (Lipinski definition) is 8. The van der Waals surface area contributed by atoms with E-state index in [1.165, 1.54) is 17.6 Å². The number of hydrogen-bond donors (Lipinski definition) is 1. The minimum absolute atomic E-state index is 0.166. The number of allylic oxidation sites excluding steroid dienone is 3. The van der Waals surface area contributed by atoms with Crippen LogP contribution < -0.4 is 5.32 Å². The van der Waals surface area contributed by atoms with Crippen molar-refractivity contribution in [2.45, 2.75) is 39.0 Å². The van der Waals surface area contributed by atoms with Gasteiger partial charge >= 0.3 is 11.9 Å². The van der Waals surface area contributed by atoms with Gasteiger partial charge in [-0.2, -0.15) is 0 Å². The molecule has 32 heavy (non-hydrogen) atoms. The van der Waals surface area contributed by atoms with Crippen LogP contribution in [0.2, 0.25) is 0 Å². The molecule has 1 aliphatic carbocycles. The molecule has 2 aromatic heterocycles. The zero-order valence-corrected chi connectivity index (χ0v) is 19.0. The first-order valence-corrected chi connectivity index (χ1v) is 11.5. The Morgan fingerprint density at radius 1 is 1.19 bits per heavy atom. The maximum atomic E-state index is 13.9. The lowest BCUT2D eigenvalue weighted by Crippen LogP contribution is -2.43. The molecule has 0 aromatic carbocycles. The Morgan fingerprint density at radius 2 is 1.97 bits per heavy atom. The molecule has 8 heteroatoms. The molecular formula is C24H25NO6S. The summed E-state index contributed by atoms with van der Waals surface area (Å²) in [4.78, 5) is 40.6. The third-order valence-corrected chi connectivity index (χ3v) is 6.73. The molecule has 7 nitrogen and oxygen atoms in total. The summed E-state index contributed by atoms with van der Waals surface area (Å²) in [5.74, 6) is -3.01. The number of nitrogens with one attached hydrogen (secondary N) is 1. The van der Waals surface area contributed by atoms with E-state index in [9.17, 15) is 14.4 Å². The van der Waals surface area contributed by atoms with E-state index < -0.39 is 29.7 Å². The highest BCUT2D eigenvalue weighted by molar-refractivity contribution is 7.10. The van der Waals surface area contributed by atoms with Crippen LogP contribution in [0.3, 0.4) is 0 Å². The third kappa shape index (κ3) is 3.79. The average Bonchev–Trinajstić information content (AvgIpc) is 3.47. The van der Waals surface area contributed by atoms with E-state index in [1.807, 2.05) is 17.5 Å². The summed E-state index contributed by atoms with van der Waals surface area (Å²) < 4.78 is 16.2. The van der Waals surface area contributed by atoms with Crippen LogP contribution in [0.1, 0.15) is 49.7 Å². The van der Waals surface area contributed by atoms with Crippen LogP contribution in [0.25, 0.3) is 0 Å². The number of thiophene rings is 1. The molecule has 0 spiro atoms. The average molecular weight is 456 g/mol. The lowest BCUT2D eigenvalue weighted by molar-refractivity contribution is -0.152. The number of rotatable bonds is 6. The maximum absolute atomic E-state index is 13.9. The molecule has 0 unspecified atom stereocenters. The van der Waals surface area contributed by atoms with Crippen molar-refractivity contribution in [1.29, 1.82) is 0 Å². The van der Waals surface area contributed by atoms with Crippen LogP contribution in [-0.2, 0) is 23.9 Å². The number of Topliss-reactive ketones (excluding diaryl/α,β-unsaturated/α-hetero) is 1. The molecule has 0 fully saturated rings. The lowest BCUT2D eigenvalue weighted by Gasteiger charge is -2.38. The second-order valence-corrected chi connectivity index (χ2v) is 8.62. The van der Waals surface area contributed by atoms with Gasteiger partial charge in [-0.05, 0) is 50.8 Å². The normalized spacial score (nSPS) is 23.0. The summed E-state index contributed by atoms with van der Waals surface area (Å²) in [6.07, 6.45) is 1.91. The topological polar surface area (TPSA) is 94.8 Å². The van der Waals surface area contributed by atoms with Crippen molar-refractivity contribution in [2.75, 3.05) is 13.2 Å². The number of ether oxygens (including phenoxy) is 2. The van der Waals surface area contributed by atoms with Gasteiger partial charge in [0.25, 0.3) is 0 Å². The minimum Gasteiger partial charge on any atom is -0.469 e. The van der Waals surface area contributed by atoms with Crippen molar-refractivity contribution in [3.05, 3.63) is 69.1 Å². The fourth-order valence-corrected chi connectivity index (χ4v) is 5.37. The van der Waals surface area contributed by atoms with Gasteiger partial charge in [-0.15, -0.1) is 11.3 Å². The second kappa shape index (κ2) is 9.16. The first-order chi connectivity index (χ1) is 15.5. The molecule has 2 aliphatic rings. The SMILES string of the molecule is CCOC(=O)C1=C(C)NC2=C(C(=O)[C@H](C(=O)OCC)[C@@H](c3ccco3)C2)[C@H]1c1cccs1. The fourth-order valence-electron chi connectivity index (χ4n) is 4.53. The summed E-state index contributed by atoms with van der Waals surface area (Å²) in [5.41, 5.74) is 2.14. The van der Waals surface area contributed by atoms with E-state index in [0.29, 0.717) is 34.7 Å². The van der Waals surface area contributed by atoms with Gasteiger partial charge in [-0.25, -0.2) is 4.79 Å².